The predicted molar refractivity (Wildman–Crippen MR) is 96.8 cm³/mol. The zero-order chi connectivity index (χ0) is 17.7. The Balaban J connectivity index is 2.15. The largest absolute Gasteiger partial charge is 0.497 e. The molecule has 0 heterocycles. The number of benzene rings is 2. The Hall–Kier alpha value is -1.85. The first-order valence-corrected chi connectivity index (χ1v) is 9.51. The Morgan fingerprint density at radius 1 is 1.04 bits per heavy atom. The summed E-state index contributed by atoms with van der Waals surface area (Å²) in [4.78, 5) is 0.325. The van der Waals surface area contributed by atoms with E-state index in [1.807, 2.05) is 36.4 Å². The van der Waals surface area contributed by atoms with Crippen LogP contribution >= 0.6 is 0 Å². The Kier molecular flexibility index (Phi) is 6.02. The van der Waals surface area contributed by atoms with Gasteiger partial charge < -0.3 is 4.74 Å². The summed E-state index contributed by atoms with van der Waals surface area (Å²) in [5.74, 6) is 1.18. The molecular formula is C19H25NO3S. The second-order valence-electron chi connectivity index (χ2n) is 5.99. The lowest BCUT2D eigenvalue weighted by atomic mass is 9.99. The number of methoxy groups -OCH3 is 1. The first-order chi connectivity index (χ1) is 11.4. The van der Waals surface area contributed by atoms with Gasteiger partial charge in [-0.05, 0) is 47.7 Å². The van der Waals surface area contributed by atoms with E-state index < -0.39 is 10.0 Å². The summed E-state index contributed by atoms with van der Waals surface area (Å²) >= 11 is 0. The van der Waals surface area contributed by atoms with Gasteiger partial charge in [0.25, 0.3) is 0 Å². The Morgan fingerprint density at radius 2 is 1.62 bits per heavy atom. The predicted octanol–water partition coefficient (Wildman–Crippen LogP) is 4.03. The fourth-order valence-electron chi connectivity index (χ4n) is 2.46. The van der Waals surface area contributed by atoms with Gasteiger partial charge in [-0.2, -0.15) is 4.31 Å². The maximum Gasteiger partial charge on any atom is 0.243 e. The number of hydrogen-bond donors (Lipinski definition) is 0. The van der Waals surface area contributed by atoms with E-state index in [0.29, 0.717) is 17.4 Å². The topological polar surface area (TPSA) is 46.6 Å². The standard InChI is InChI=1S/C19H25NO3S/c1-5-15(2)17-8-12-19(13-9-17)24(21,22)20(3)14-16-6-10-18(23-4)11-7-16/h6-13,15H,5,14H2,1-4H3. The lowest BCUT2D eigenvalue weighted by Crippen LogP contribution is -2.26. The van der Waals surface area contributed by atoms with E-state index in [1.165, 1.54) is 4.31 Å². The zero-order valence-electron chi connectivity index (χ0n) is 14.7. The molecule has 2 rings (SSSR count). The molecule has 0 amide bonds. The van der Waals surface area contributed by atoms with Crippen molar-refractivity contribution in [3.05, 3.63) is 59.7 Å². The molecule has 0 aliphatic carbocycles. The second-order valence-corrected chi connectivity index (χ2v) is 8.03. The van der Waals surface area contributed by atoms with Crippen molar-refractivity contribution in [2.75, 3.05) is 14.2 Å². The van der Waals surface area contributed by atoms with E-state index in [0.717, 1.165) is 23.3 Å². The molecule has 1 atom stereocenters. The van der Waals surface area contributed by atoms with Crippen LogP contribution < -0.4 is 4.74 Å². The smallest absolute Gasteiger partial charge is 0.243 e. The summed E-state index contributed by atoms with van der Waals surface area (Å²) in [6.07, 6.45) is 1.03. The number of nitrogens with zero attached hydrogens (tertiary/aromatic N) is 1. The zero-order valence-corrected chi connectivity index (χ0v) is 15.5. The van der Waals surface area contributed by atoms with E-state index in [4.69, 9.17) is 4.74 Å². The summed E-state index contributed by atoms with van der Waals surface area (Å²) in [6, 6.07) is 14.6. The van der Waals surface area contributed by atoms with Crippen molar-refractivity contribution in [3.63, 3.8) is 0 Å². The van der Waals surface area contributed by atoms with E-state index in [2.05, 4.69) is 13.8 Å². The molecule has 5 heteroatoms. The van der Waals surface area contributed by atoms with Crippen LogP contribution in [-0.4, -0.2) is 26.9 Å². The SMILES string of the molecule is CCC(C)c1ccc(S(=O)(=O)N(C)Cc2ccc(OC)cc2)cc1. The highest BCUT2D eigenvalue weighted by atomic mass is 32.2. The van der Waals surface area contributed by atoms with Crippen molar-refractivity contribution in [1.82, 2.24) is 4.31 Å². The van der Waals surface area contributed by atoms with Crippen LogP contribution in [0.4, 0.5) is 0 Å². The number of ether oxygens (including phenoxy) is 1. The maximum absolute atomic E-state index is 12.7. The van der Waals surface area contributed by atoms with Crippen LogP contribution in [0.15, 0.2) is 53.4 Å². The summed E-state index contributed by atoms with van der Waals surface area (Å²) in [5, 5.41) is 0. The van der Waals surface area contributed by atoms with Gasteiger partial charge in [0.05, 0.1) is 12.0 Å². The van der Waals surface area contributed by atoms with Crippen LogP contribution in [0.1, 0.15) is 37.3 Å². The molecule has 130 valence electrons. The van der Waals surface area contributed by atoms with Gasteiger partial charge in [-0.25, -0.2) is 8.42 Å². The lowest BCUT2D eigenvalue weighted by Gasteiger charge is -2.18. The molecule has 0 bridgehead atoms. The van der Waals surface area contributed by atoms with Gasteiger partial charge in [-0.3, -0.25) is 0 Å². The summed E-state index contributed by atoms with van der Waals surface area (Å²) in [6.45, 7) is 4.58. The fourth-order valence-corrected chi connectivity index (χ4v) is 3.62. The van der Waals surface area contributed by atoms with Crippen LogP contribution in [0.25, 0.3) is 0 Å². The number of hydrogen-bond acceptors (Lipinski definition) is 3. The van der Waals surface area contributed by atoms with Crippen LogP contribution in [0, 0.1) is 0 Å². The van der Waals surface area contributed by atoms with Gasteiger partial charge in [0.15, 0.2) is 0 Å². The summed E-state index contributed by atoms with van der Waals surface area (Å²) in [7, 11) is -0.295. The first kappa shape index (κ1) is 18.5. The van der Waals surface area contributed by atoms with Crippen molar-refractivity contribution in [2.24, 2.45) is 0 Å². The van der Waals surface area contributed by atoms with Crippen LogP contribution in [0.2, 0.25) is 0 Å². The molecule has 0 N–H and O–H groups in total. The quantitative estimate of drug-likeness (QED) is 0.760. The molecule has 0 aliphatic heterocycles. The molecule has 0 aliphatic rings. The van der Waals surface area contributed by atoms with Crippen molar-refractivity contribution in [1.29, 1.82) is 0 Å². The highest BCUT2D eigenvalue weighted by Crippen LogP contribution is 2.23. The molecular weight excluding hydrogens is 322 g/mol. The molecule has 4 nitrogen and oxygen atoms in total. The Morgan fingerprint density at radius 3 is 2.12 bits per heavy atom. The van der Waals surface area contributed by atoms with Crippen molar-refractivity contribution >= 4 is 10.0 Å². The molecule has 0 aromatic heterocycles. The molecule has 2 aromatic rings. The van der Waals surface area contributed by atoms with E-state index in [-0.39, 0.29) is 0 Å². The number of sulfonamides is 1. The van der Waals surface area contributed by atoms with Gasteiger partial charge in [0.1, 0.15) is 5.75 Å². The highest BCUT2D eigenvalue weighted by molar-refractivity contribution is 7.89. The number of rotatable bonds is 7. The molecule has 2 aromatic carbocycles. The van der Waals surface area contributed by atoms with E-state index in [1.54, 1.807) is 26.3 Å². The van der Waals surface area contributed by atoms with Gasteiger partial charge in [-0.1, -0.05) is 38.1 Å². The van der Waals surface area contributed by atoms with Gasteiger partial charge in [0.2, 0.25) is 10.0 Å². The molecule has 0 saturated heterocycles. The average Bonchev–Trinajstić information content (AvgIpc) is 2.61. The molecule has 0 fully saturated rings. The minimum atomic E-state index is -3.50. The summed E-state index contributed by atoms with van der Waals surface area (Å²) < 4.78 is 31.9. The highest BCUT2D eigenvalue weighted by Gasteiger charge is 2.21. The maximum atomic E-state index is 12.7. The molecule has 0 saturated carbocycles. The van der Waals surface area contributed by atoms with Crippen LogP contribution in [0.5, 0.6) is 5.75 Å². The third-order valence-electron chi connectivity index (χ3n) is 4.33. The minimum absolute atomic E-state index is 0.319. The Bertz CT molecular complexity index is 752. The van der Waals surface area contributed by atoms with Crippen LogP contribution in [-0.2, 0) is 16.6 Å². The molecule has 1 unspecified atom stereocenters. The van der Waals surface area contributed by atoms with E-state index in [9.17, 15) is 8.42 Å². The molecule has 0 radical (unpaired) electrons. The first-order valence-electron chi connectivity index (χ1n) is 8.07. The summed E-state index contributed by atoms with van der Waals surface area (Å²) in [5.41, 5.74) is 2.08. The minimum Gasteiger partial charge on any atom is -0.497 e. The van der Waals surface area contributed by atoms with Gasteiger partial charge in [-0.15, -0.1) is 0 Å². The van der Waals surface area contributed by atoms with Crippen molar-refractivity contribution in [3.8, 4) is 5.75 Å². The molecule has 0 spiro atoms. The third kappa shape index (κ3) is 4.16. The van der Waals surface area contributed by atoms with E-state index >= 15 is 0 Å². The van der Waals surface area contributed by atoms with Gasteiger partial charge >= 0.3 is 0 Å². The Labute approximate surface area is 145 Å². The normalized spacial score (nSPS) is 13.0. The third-order valence-corrected chi connectivity index (χ3v) is 6.15. The fraction of sp³-hybridized carbons (Fsp3) is 0.368. The van der Waals surface area contributed by atoms with Crippen LogP contribution in [0.3, 0.4) is 0 Å². The van der Waals surface area contributed by atoms with Gasteiger partial charge in [0, 0.05) is 13.6 Å². The van der Waals surface area contributed by atoms with Crippen molar-refractivity contribution < 1.29 is 13.2 Å². The second kappa shape index (κ2) is 7.81. The average molecular weight is 347 g/mol. The van der Waals surface area contributed by atoms with Crippen molar-refractivity contribution in [2.45, 2.75) is 37.6 Å². The molecule has 24 heavy (non-hydrogen) atoms. The monoisotopic (exact) mass is 347 g/mol. The lowest BCUT2D eigenvalue weighted by molar-refractivity contribution is 0.414.